The van der Waals surface area contributed by atoms with Gasteiger partial charge in [-0.3, -0.25) is 4.79 Å². The van der Waals surface area contributed by atoms with Crippen LogP contribution in [0.1, 0.15) is 26.0 Å². The summed E-state index contributed by atoms with van der Waals surface area (Å²) in [5.41, 5.74) is 0.926. The van der Waals surface area contributed by atoms with E-state index in [2.05, 4.69) is 9.97 Å². The quantitative estimate of drug-likeness (QED) is 0.777. The lowest BCUT2D eigenvalue weighted by Crippen LogP contribution is -2.58. The number of carbonyl (C=O) groups excluding carboxylic acids is 1. The molecule has 21 heavy (non-hydrogen) atoms. The number of aryl methyl sites for hydroxylation is 1. The van der Waals surface area contributed by atoms with Crippen LogP contribution >= 0.6 is 11.6 Å². The summed E-state index contributed by atoms with van der Waals surface area (Å²) in [7, 11) is 3.45. The summed E-state index contributed by atoms with van der Waals surface area (Å²) in [6.07, 6.45) is 1.35. The molecule has 0 saturated carbocycles. The Hall–Kier alpha value is -1.40. The van der Waals surface area contributed by atoms with Crippen molar-refractivity contribution >= 4 is 29.0 Å². The van der Waals surface area contributed by atoms with Gasteiger partial charge in [0.05, 0.1) is 11.8 Å². The summed E-state index contributed by atoms with van der Waals surface area (Å²) in [4.78, 5) is 25.2. The van der Waals surface area contributed by atoms with E-state index in [1.807, 2.05) is 18.7 Å². The van der Waals surface area contributed by atoms with Crippen molar-refractivity contribution < 1.29 is 9.53 Å². The number of hydrogen-bond acceptors (Lipinski definition) is 5. The van der Waals surface area contributed by atoms with E-state index in [1.54, 1.807) is 19.1 Å². The lowest BCUT2D eigenvalue weighted by Gasteiger charge is -2.43. The minimum Gasteiger partial charge on any atom is -0.380 e. The molecule has 3 heterocycles. The van der Waals surface area contributed by atoms with Crippen molar-refractivity contribution in [3.8, 4) is 0 Å². The Labute approximate surface area is 129 Å². The van der Waals surface area contributed by atoms with E-state index in [4.69, 9.17) is 16.3 Å². The van der Waals surface area contributed by atoms with E-state index >= 15 is 0 Å². The summed E-state index contributed by atoms with van der Waals surface area (Å²) < 4.78 is 5.46. The van der Waals surface area contributed by atoms with Crippen LogP contribution in [0.25, 0.3) is 0 Å². The van der Waals surface area contributed by atoms with Crippen LogP contribution in [-0.4, -0.2) is 48.2 Å². The summed E-state index contributed by atoms with van der Waals surface area (Å²) >= 11 is 6.07. The van der Waals surface area contributed by atoms with E-state index in [-0.39, 0.29) is 17.3 Å². The normalized spacial score (nSPS) is 27.9. The highest BCUT2D eigenvalue weighted by molar-refractivity contribution is 6.28. The second kappa shape index (κ2) is 4.81. The van der Waals surface area contributed by atoms with E-state index < -0.39 is 5.54 Å². The van der Waals surface area contributed by atoms with Gasteiger partial charge in [0.25, 0.3) is 5.91 Å². The van der Waals surface area contributed by atoms with Crippen LogP contribution in [0, 0.1) is 0 Å². The molecule has 1 aromatic rings. The Morgan fingerprint density at radius 3 is 2.81 bits per heavy atom. The first-order chi connectivity index (χ1) is 9.92. The Morgan fingerprint density at radius 1 is 1.48 bits per heavy atom. The Bertz CT molecular complexity index is 609. The maximum atomic E-state index is 12.8. The number of fused-ring (bicyclic) bond motifs is 3. The number of carbonyl (C=O) groups is 1. The summed E-state index contributed by atoms with van der Waals surface area (Å²) in [6, 6.07) is 0. The molecule has 2 aliphatic heterocycles. The standard InChI is InChI=1S/C14H19ClN4O2/c1-5-9-10-11(17-13(15)16-9)19-7-8(21-4)6-14(19,2)12(20)18(10)3/h8H,5-7H2,1-4H3. The first kappa shape index (κ1) is 14.5. The molecule has 1 fully saturated rings. The van der Waals surface area contributed by atoms with Crippen LogP contribution in [-0.2, 0) is 16.0 Å². The molecule has 0 aliphatic carbocycles. The Kier molecular flexibility index (Phi) is 3.33. The molecule has 1 aromatic heterocycles. The molecule has 3 rings (SSSR count). The molecule has 1 saturated heterocycles. The van der Waals surface area contributed by atoms with Crippen LogP contribution in [0.2, 0.25) is 5.28 Å². The number of halogens is 1. The summed E-state index contributed by atoms with van der Waals surface area (Å²) in [5.74, 6) is 0.783. The number of hydrogen-bond donors (Lipinski definition) is 0. The van der Waals surface area contributed by atoms with Gasteiger partial charge in [-0.1, -0.05) is 6.92 Å². The molecule has 1 amide bonds. The maximum absolute atomic E-state index is 12.8. The van der Waals surface area contributed by atoms with Crippen LogP contribution in [0.5, 0.6) is 0 Å². The topological polar surface area (TPSA) is 58.6 Å². The first-order valence-corrected chi connectivity index (χ1v) is 7.45. The molecule has 6 nitrogen and oxygen atoms in total. The lowest BCUT2D eigenvalue weighted by atomic mass is 9.93. The molecular formula is C14H19ClN4O2. The second-order valence-electron chi connectivity index (χ2n) is 5.78. The van der Waals surface area contributed by atoms with E-state index in [9.17, 15) is 4.79 Å². The largest absolute Gasteiger partial charge is 0.380 e. The molecule has 7 heteroatoms. The molecule has 2 unspecified atom stereocenters. The number of amides is 1. The van der Waals surface area contributed by atoms with Gasteiger partial charge in [0.2, 0.25) is 5.28 Å². The molecule has 0 bridgehead atoms. The van der Waals surface area contributed by atoms with Gasteiger partial charge in [-0.2, -0.15) is 4.98 Å². The SMILES string of the molecule is CCc1nc(Cl)nc2c1N(C)C(=O)C1(C)CC(OC)CN21. The number of likely N-dealkylation sites (N-methyl/N-ethyl adjacent to an activating group) is 1. The zero-order valence-corrected chi connectivity index (χ0v) is 13.4. The van der Waals surface area contributed by atoms with Crippen molar-refractivity contribution in [1.82, 2.24) is 9.97 Å². The highest BCUT2D eigenvalue weighted by Gasteiger charge is 2.54. The molecule has 0 radical (unpaired) electrons. The lowest BCUT2D eigenvalue weighted by molar-refractivity contribution is -0.123. The highest BCUT2D eigenvalue weighted by atomic mass is 35.5. The van der Waals surface area contributed by atoms with Crippen molar-refractivity contribution in [2.45, 2.75) is 38.3 Å². The monoisotopic (exact) mass is 310 g/mol. The summed E-state index contributed by atoms with van der Waals surface area (Å²) in [5, 5.41) is 0.219. The highest BCUT2D eigenvalue weighted by Crippen LogP contribution is 2.46. The fraction of sp³-hybridized carbons (Fsp3) is 0.643. The second-order valence-corrected chi connectivity index (χ2v) is 6.11. The average molecular weight is 311 g/mol. The minimum absolute atomic E-state index is 0.0112. The molecule has 2 atom stereocenters. The van der Waals surface area contributed by atoms with Gasteiger partial charge in [0.1, 0.15) is 11.2 Å². The van der Waals surface area contributed by atoms with Crippen molar-refractivity contribution in [2.75, 3.05) is 30.5 Å². The zero-order chi connectivity index (χ0) is 15.4. The number of aromatic nitrogens is 2. The predicted molar refractivity (Wildman–Crippen MR) is 81.0 cm³/mol. The third kappa shape index (κ3) is 1.92. The van der Waals surface area contributed by atoms with Crippen molar-refractivity contribution in [3.63, 3.8) is 0 Å². The van der Waals surface area contributed by atoms with Crippen LogP contribution in [0.3, 0.4) is 0 Å². The Balaban J connectivity index is 2.21. The van der Waals surface area contributed by atoms with Gasteiger partial charge in [0.15, 0.2) is 5.82 Å². The predicted octanol–water partition coefficient (Wildman–Crippen LogP) is 1.65. The van der Waals surface area contributed by atoms with Crippen LogP contribution < -0.4 is 9.80 Å². The molecule has 114 valence electrons. The van der Waals surface area contributed by atoms with Gasteiger partial charge < -0.3 is 14.5 Å². The van der Waals surface area contributed by atoms with Gasteiger partial charge >= 0.3 is 0 Å². The molecule has 0 N–H and O–H groups in total. The van der Waals surface area contributed by atoms with E-state index in [0.29, 0.717) is 19.4 Å². The maximum Gasteiger partial charge on any atom is 0.252 e. The number of anilines is 2. The number of ether oxygens (including phenoxy) is 1. The fourth-order valence-electron chi connectivity index (χ4n) is 3.40. The number of rotatable bonds is 2. The average Bonchev–Trinajstić information content (AvgIpc) is 2.82. The smallest absolute Gasteiger partial charge is 0.252 e. The Morgan fingerprint density at radius 2 is 2.19 bits per heavy atom. The van der Waals surface area contributed by atoms with E-state index in [0.717, 1.165) is 17.2 Å². The molecular weight excluding hydrogens is 292 g/mol. The minimum atomic E-state index is -0.634. The van der Waals surface area contributed by atoms with Gasteiger partial charge in [-0.15, -0.1) is 0 Å². The van der Waals surface area contributed by atoms with Crippen molar-refractivity contribution in [2.24, 2.45) is 0 Å². The number of methoxy groups -OCH3 is 1. The summed E-state index contributed by atoms with van der Waals surface area (Å²) in [6.45, 7) is 4.57. The van der Waals surface area contributed by atoms with Crippen molar-refractivity contribution in [1.29, 1.82) is 0 Å². The zero-order valence-electron chi connectivity index (χ0n) is 12.7. The number of nitrogens with zero attached hydrogens (tertiary/aromatic N) is 4. The van der Waals surface area contributed by atoms with E-state index in [1.165, 1.54) is 0 Å². The van der Waals surface area contributed by atoms with Gasteiger partial charge in [0, 0.05) is 27.1 Å². The molecule has 0 aromatic carbocycles. The van der Waals surface area contributed by atoms with Gasteiger partial charge in [-0.05, 0) is 24.9 Å². The third-order valence-corrected chi connectivity index (χ3v) is 4.71. The van der Waals surface area contributed by atoms with Crippen LogP contribution in [0.4, 0.5) is 11.5 Å². The van der Waals surface area contributed by atoms with Crippen molar-refractivity contribution in [3.05, 3.63) is 11.0 Å². The fourth-order valence-corrected chi connectivity index (χ4v) is 3.59. The third-order valence-electron chi connectivity index (χ3n) is 4.54. The first-order valence-electron chi connectivity index (χ1n) is 7.07. The molecule has 2 aliphatic rings. The van der Waals surface area contributed by atoms with Gasteiger partial charge in [-0.25, -0.2) is 4.98 Å². The molecule has 0 spiro atoms. The van der Waals surface area contributed by atoms with Crippen LogP contribution in [0.15, 0.2) is 0 Å².